The Balaban J connectivity index is 1.58. The van der Waals surface area contributed by atoms with Gasteiger partial charge < -0.3 is 10.2 Å². The fourth-order valence-corrected chi connectivity index (χ4v) is 5.96. The molecule has 0 unspecified atom stereocenters. The maximum absolute atomic E-state index is 13.9. The fraction of sp³-hybridized carbons (Fsp3) is 0.192. The molecule has 1 atom stereocenters. The minimum Gasteiger partial charge on any atom is -0.378 e. The molecular formula is C26H23ClN2OS. The Kier molecular flexibility index (Phi) is 4.99. The van der Waals surface area contributed by atoms with E-state index in [1.165, 1.54) is 11.3 Å². The number of rotatable bonds is 3. The third-order valence-corrected chi connectivity index (χ3v) is 7.57. The highest BCUT2D eigenvalue weighted by Crippen LogP contribution is 2.46. The van der Waals surface area contributed by atoms with Crippen molar-refractivity contribution in [3.8, 4) is 0 Å². The van der Waals surface area contributed by atoms with Crippen molar-refractivity contribution in [2.75, 3.05) is 10.2 Å². The second-order valence-corrected chi connectivity index (χ2v) is 9.95. The Morgan fingerprint density at radius 3 is 2.45 bits per heavy atom. The summed E-state index contributed by atoms with van der Waals surface area (Å²) in [6.45, 7) is 4.25. The van der Waals surface area contributed by atoms with E-state index in [9.17, 15) is 4.79 Å². The number of halogens is 1. The molecule has 0 aliphatic carbocycles. The third-order valence-electron chi connectivity index (χ3n) is 5.91. The number of nitrogens with zero attached hydrogens (tertiary/aromatic N) is 1. The number of fused-ring (bicyclic) bond motifs is 2. The number of carbonyl (C=O) groups is 1. The number of hydrogen-bond donors (Lipinski definition) is 1. The van der Waals surface area contributed by atoms with Gasteiger partial charge in [-0.15, -0.1) is 11.3 Å². The van der Waals surface area contributed by atoms with E-state index < -0.39 is 5.54 Å². The molecule has 1 aromatic heterocycles. The molecule has 2 heterocycles. The highest BCUT2D eigenvalue weighted by atomic mass is 35.5. The summed E-state index contributed by atoms with van der Waals surface area (Å²) in [5.41, 5.74) is 2.74. The Morgan fingerprint density at radius 2 is 1.68 bits per heavy atom. The van der Waals surface area contributed by atoms with Crippen LogP contribution in [0.15, 0.2) is 78.9 Å². The molecule has 5 rings (SSSR count). The summed E-state index contributed by atoms with van der Waals surface area (Å²) in [5.74, 6) is -0.0400. The topological polar surface area (TPSA) is 32.3 Å². The van der Waals surface area contributed by atoms with Crippen LogP contribution >= 0.6 is 22.9 Å². The zero-order chi connectivity index (χ0) is 21.6. The average molecular weight is 447 g/mol. The number of amides is 1. The van der Waals surface area contributed by atoms with Gasteiger partial charge in [-0.05, 0) is 50.1 Å². The van der Waals surface area contributed by atoms with Gasteiger partial charge in [0.1, 0.15) is 4.88 Å². The first-order chi connectivity index (χ1) is 15.0. The predicted molar refractivity (Wildman–Crippen MR) is 132 cm³/mol. The maximum Gasteiger partial charge on any atom is 0.270 e. The van der Waals surface area contributed by atoms with E-state index in [0.29, 0.717) is 9.90 Å². The van der Waals surface area contributed by atoms with Gasteiger partial charge in [-0.25, -0.2) is 0 Å². The van der Waals surface area contributed by atoms with Gasteiger partial charge >= 0.3 is 0 Å². The molecule has 0 spiro atoms. The van der Waals surface area contributed by atoms with Crippen LogP contribution in [0.5, 0.6) is 0 Å². The minimum absolute atomic E-state index is 0.0400. The normalized spacial score (nSPS) is 17.4. The number of nitrogens with one attached hydrogen (secondary N) is 1. The molecule has 3 aromatic carbocycles. The zero-order valence-corrected chi connectivity index (χ0v) is 19.0. The van der Waals surface area contributed by atoms with E-state index in [1.807, 2.05) is 65.6 Å². The van der Waals surface area contributed by atoms with Crippen LogP contribution in [0.1, 0.15) is 41.5 Å². The smallest absolute Gasteiger partial charge is 0.270 e. The van der Waals surface area contributed by atoms with Crippen LogP contribution in [0.2, 0.25) is 5.02 Å². The molecule has 1 aliphatic heterocycles. The third kappa shape index (κ3) is 3.50. The van der Waals surface area contributed by atoms with E-state index in [0.717, 1.165) is 33.4 Å². The monoisotopic (exact) mass is 446 g/mol. The summed E-state index contributed by atoms with van der Waals surface area (Å²) in [6, 6.07) is 26.4. The molecule has 156 valence electrons. The van der Waals surface area contributed by atoms with Crippen molar-refractivity contribution in [1.29, 1.82) is 0 Å². The molecule has 1 amide bonds. The molecule has 0 radical (unpaired) electrons. The SMILES string of the molecule is CC1(C)C[C@H](Nc2ccccc2)c2ccccc2N1C(=O)c1sc2ccccc2c1Cl. The van der Waals surface area contributed by atoms with E-state index in [1.54, 1.807) is 0 Å². The standard InChI is InChI=1S/C26H23ClN2OS/c1-26(2)16-20(28-17-10-4-3-5-11-17)18-12-6-8-14-21(18)29(26)25(30)24-23(27)19-13-7-9-15-22(19)31-24/h3-15,20,28H,16H2,1-2H3/t20-/m0/s1. The fourth-order valence-electron chi connectivity index (χ4n) is 4.51. The van der Waals surface area contributed by atoms with Gasteiger partial charge in [0, 0.05) is 27.0 Å². The predicted octanol–water partition coefficient (Wildman–Crippen LogP) is 7.54. The van der Waals surface area contributed by atoms with Crippen molar-refractivity contribution in [2.24, 2.45) is 0 Å². The summed E-state index contributed by atoms with van der Waals surface area (Å²) < 4.78 is 1.03. The first-order valence-electron chi connectivity index (χ1n) is 10.4. The number of anilines is 2. The highest BCUT2D eigenvalue weighted by Gasteiger charge is 2.42. The van der Waals surface area contributed by atoms with Crippen molar-refractivity contribution < 1.29 is 4.79 Å². The van der Waals surface area contributed by atoms with Crippen LogP contribution in [0.25, 0.3) is 10.1 Å². The first kappa shape index (κ1) is 20.1. The summed E-state index contributed by atoms with van der Waals surface area (Å²) in [4.78, 5) is 16.4. The number of carbonyl (C=O) groups excluding carboxylic acids is 1. The molecular weight excluding hydrogens is 424 g/mol. The van der Waals surface area contributed by atoms with Gasteiger partial charge in [-0.1, -0.05) is 66.2 Å². The molecule has 0 fully saturated rings. The van der Waals surface area contributed by atoms with Crippen molar-refractivity contribution in [3.63, 3.8) is 0 Å². The zero-order valence-electron chi connectivity index (χ0n) is 17.4. The van der Waals surface area contributed by atoms with Crippen LogP contribution in [-0.4, -0.2) is 11.4 Å². The Hall–Kier alpha value is -2.82. The van der Waals surface area contributed by atoms with Crippen LogP contribution in [0.3, 0.4) is 0 Å². The van der Waals surface area contributed by atoms with Crippen LogP contribution in [0.4, 0.5) is 11.4 Å². The molecule has 0 bridgehead atoms. The number of benzene rings is 3. The molecule has 1 N–H and O–H groups in total. The van der Waals surface area contributed by atoms with Crippen molar-refractivity contribution >= 4 is 50.3 Å². The van der Waals surface area contributed by atoms with Gasteiger partial charge in [0.15, 0.2) is 0 Å². The number of para-hydroxylation sites is 2. The van der Waals surface area contributed by atoms with Gasteiger partial charge in [0.2, 0.25) is 0 Å². The van der Waals surface area contributed by atoms with Crippen LogP contribution in [-0.2, 0) is 0 Å². The van der Waals surface area contributed by atoms with Crippen molar-refractivity contribution in [3.05, 3.63) is 94.3 Å². The molecule has 3 nitrogen and oxygen atoms in total. The highest BCUT2D eigenvalue weighted by molar-refractivity contribution is 7.21. The quantitative estimate of drug-likeness (QED) is 0.352. The molecule has 5 heteroatoms. The summed E-state index contributed by atoms with van der Waals surface area (Å²) >= 11 is 8.14. The van der Waals surface area contributed by atoms with Crippen molar-refractivity contribution in [2.45, 2.75) is 31.8 Å². The maximum atomic E-state index is 13.9. The number of thiophene rings is 1. The van der Waals surface area contributed by atoms with Gasteiger partial charge in [-0.2, -0.15) is 0 Å². The second kappa shape index (κ2) is 7.70. The lowest BCUT2D eigenvalue weighted by atomic mass is 9.83. The molecule has 1 aliphatic rings. The Morgan fingerprint density at radius 1 is 1.00 bits per heavy atom. The summed E-state index contributed by atoms with van der Waals surface area (Å²) in [6.07, 6.45) is 0.785. The van der Waals surface area contributed by atoms with Crippen LogP contribution < -0.4 is 10.2 Å². The average Bonchev–Trinajstić information content (AvgIpc) is 3.10. The van der Waals surface area contributed by atoms with E-state index in [4.69, 9.17) is 11.6 Å². The minimum atomic E-state index is -0.391. The van der Waals surface area contributed by atoms with Gasteiger partial charge in [-0.3, -0.25) is 4.79 Å². The largest absolute Gasteiger partial charge is 0.378 e. The van der Waals surface area contributed by atoms with Crippen molar-refractivity contribution in [1.82, 2.24) is 0 Å². The van der Waals surface area contributed by atoms with Gasteiger partial charge in [0.25, 0.3) is 5.91 Å². The molecule has 4 aromatic rings. The molecule has 31 heavy (non-hydrogen) atoms. The molecule has 0 saturated carbocycles. The Labute approximate surface area is 191 Å². The summed E-state index contributed by atoms with van der Waals surface area (Å²) in [7, 11) is 0. The molecule has 0 saturated heterocycles. The Bertz CT molecular complexity index is 1260. The number of hydrogen-bond acceptors (Lipinski definition) is 3. The van der Waals surface area contributed by atoms with E-state index in [2.05, 4.69) is 37.4 Å². The first-order valence-corrected chi connectivity index (χ1v) is 11.6. The van der Waals surface area contributed by atoms with Gasteiger partial charge in [0.05, 0.1) is 11.1 Å². The van der Waals surface area contributed by atoms with E-state index in [-0.39, 0.29) is 11.9 Å². The van der Waals surface area contributed by atoms with E-state index >= 15 is 0 Å². The van der Waals surface area contributed by atoms with Crippen LogP contribution in [0, 0.1) is 0 Å². The summed E-state index contributed by atoms with van der Waals surface area (Å²) in [5, 5.41) is 5.14. The lowest BCUT2D eigenvalue weighted by Gasteiger charge is -2.46. The lowest BCUT2D eigenvalue weighted by Crippen LogP contribution is -2.52. The lowest BCUT2D eigenvalue weighted by molar-refractivity contribution is 0.0958. The second-order valence-electron chi connectivity index (χ2n) is 8.52.